The van der Waals surface area contributed by atoms with Crippen LogP contribution in [0.1, 0.15) is 323 Å². The predicted molar refractivity (Wildman–Crippen MR) is 348 cm³/mol. The van der Waals surface area contributed by atoms with E-state index in [9.17, 15) is 14.4 Å². The van der Waals surface area contributed by atoms with Crippen LogP contribution in [0.15, 0.2) is 109 Å². The predicted octanol–water partition coefficient (Wildman–Crippen LogP) is 23.4. The number of carbonyl (C=O) groups is 3. The first-order valence-electron chi connectivity index (χ1n) is 33.9. The second-order valence-electron chi connectivity index (χ2n) is 22.3. The average Bonchev–Trinajstić information content (AvgIpc) is 3.46. The van der Waals surface area contributed by atoms with E-state index >= 15 is 0 Å². The zero-order chi connectivity index (χ0) is 57.8. The minimum absolute atomic E-state index is 0.0853. The van der Waals surface area contributed by atoms with E-state index in [0.717, 1.165) is 135 Å². The van der Waals surface area contributed by atoms with Crippen LogP contribution in [0.2, 0.25) is 0 Å². The molecule has 0 N–H and O–H groups in total. The fourth-order valence-corrected chi connectivity index (χ4v) is 9.52. The highest BCUT2D eigenvalue weighted by Gasteiger charge is 2.19. The number of unbranched alkanes of at least 4 members (excludes halogenated alkanes) is 32. The van der Waals surface area contributed by atoms with Crippen LogP contribution in [-0.4, -0.2) is 37.2 Å². The molecule has 0 fully saturated rings. The summed E-state index contributed by atoms with van der Waals surface area (Å²) in [7, 11) is 0. The number of allylic oxidation sites excluding steroid dienone is 18. The van der Waals surface area contributed by atoms with Crippen molar-refractivity contribution < 1.29 is 28.6 Å². The summed E-state index contributed by atoms with van der Waals surface area (Å²) in [6.07, 6.45) is 92.4. The third-order valence-corrected chi connectivity index (χ3v) is 14.5. The maximum atomic E-state index is 12.9. The van der Waals surface area contributed by atoms with E-state index in [0.29, 0.717) is 19.3 Å². The summed E-state index contributed by atoms with van der Waals surface area (Å²) in [4.78, 5) is 38.5. The van der Waals surface area contributed by atoms with Gasteiger partial charge in [0, 0.05) is 19.3 Å². The van der Waals surface area contributed by atoms with Gasteiger partial charge in [0.2, 0.25) is 0 Å². The lowest BCUT2D eigenvalue weighted by molar-refractivity contribution is -0.167. The monoisotopic (exact) mass is 1110 g/mol. The molecule has 0 amide bonds. The molecule has 0 saturated heterocycles. The van der Waals surface area contributed by atoms with E-state index in [-0.39, 0.29) is 31.1 Å². The van der Waals surface area contributed by atoms with Gasteiger partial charge in [0.1, 0.15) is 13.2 Å². The quantitative estimate of drug-likeness (QED) is 0.0261. The molecular weight excluding hydrogens is 985 g/mol. The summed E-state index contributed by atoms with van der Waals surface area (Å²) < 4.78 is 17.0. The number of ether oxygens (including phenoxy) is 3. The summed E-state index contributed by atoms with van der Waals surface area (Å²) >= 11 is 0. The first-order chi connectivity index (χ1) is 39.5. The molecule has 0 heterocycles. The Morgan fingerprint density at radius 3 is 0.762 bits per heavy atom. The molecule has 0 rings (SSSR count). The fourth-order valence-electron chi connectivity index (χ4n) is 9.52. The Morgan fingerprint density at radius 2 is 0.487 bits per heavy atom. The lowest BCUT2D eigenvalue weighted by atomic mass is 10.0. The van der Waals surface area contributed by atoms with E-state index in [1.165, 1.54) is 148 Å². The largest absolute Gasteiger partial charge is 0.462 e. The van der Waals surface area contributed by atoms with Crippen molar-refractivity contribution in [2.24, 2.45) is 0 Å². The minimum Gasteiger partial charge on any atom is -0.462 e. The third kappa shape index (κ3) is 64.9. The molecule has 0 aromatic rings. The smallest absolute Gasteiger partial charge is 0.306 e. The highest BCUT2D eigenvalue weighted by atomic mass is 16.6. The number of hydrogen-bond donors (Lipinski definition) is 0. The van der Waals surface area contributed by atoms with Crippen molar-refractivity contribution in [3.63, 3.8) is 0 Å². The molecule has 458 valence electrons. The first kappa shape index (κ1) is 76.1. The standard InChI is InChI=1S/C74H126O6/c1-4-7-10-13-16-19-22-25-28-31-34-36-37-39-40-43-46-49-52-55-58-61-64-67-73(76)79-70-71(69-78-72(75)66-63-60-57-54-51-48-45-42-33-30-27-24-21-18-15-12-9-6-3)80-74(77)68-65-62-59-56-53-50-47-44-41-38-35-32-29-26-23-20-17-14-11-8-5-2/h7-8,10-11,16-17,19-20,25-26,28-29,34-36,38,44,47,71H,4-6,9,12-15,18,21-24,27,30-33,37,39-43,45-46,48-70H2,1-3H3/b10-7-,11-8-,19-16-,20-17-,28-25-,29-26-,36-34-,38-35-,47-44-. The molecule has 0 saturated carbocycles. The van der Waals surface area contributed by atoms with Gasteiger partial charge in [0.25, 0.3) is 0 Å². The van der Waals surface area contributed by atoms with Crippen molar-refractivity contribution in [2.75, 3.05) is 13.2 Å². The number of rotatable bonds is 61. The van der Waals surface area contributed by atoms with Crippen LogP contribution in [-0.2, 0) is 28.6 Å². The van der Waals surface area contributed by atoms with E-state index < -0.39 is 6.10 Å². The molecule has 6 nitrogen and oxygen atoms in total. The van der Waals surface area contributed by atoms with Gasteiger partial charge in [-0.25, -0.2) is 0 Å². The normalized spacial score (nSPS) is 12.8. The second-order valence-corrected chi connectivity index (χ2v) is 22.3. The zero-order valence-electron chi connectivity index (χ0n) is 52.6. The van der Waals surface area contributed by atoms with E-state index in [1.54, 1.807) is 0 Å². The SMILES string of the molecule is CC/C=C\C/C=C\C/C=C\C/C=C\C/C=C\CCCCCCCC(=O)OC(COC(=O)CCCCCCCCCCCC/C=C\C/C=C\C/C=C\C/C=C\CC)COC(=O)CCCCCCCCCCCCCCCCCCCC. The molecule has 0 aliphatic rings. The van der Waals surface area contributed by atoms with Gasteiger partial charge in [-0.15, -0.1) is 0 Å². The molecule has 0 radical (unpaired) electrons. The Balaban J connectivity index is 4.41. The van der Waals surface area contributed by atoms with Crippen LogP contribution in [0, 0.1) is 0 Å². The summed E-state index contributed by atoms with van der Waals surface area (Å²) in [5.41, 5.74) is 0. The highest BCUT2D eigenvalue weighted by molar-refractivity contribution is 5.71. The Kier molecular flexibility index (Phi) is 64.3. The summed E-state index contributed by atoms with van der Waals surface area (Å²) in [6, 6.07) is 0. The van der Waals surface area contributed by atoms with Crippen molar-refractivity contribution in [3.8, 4) is 0 Å². The molecule has 1 unspecified atom stereocenters. The number of hydrogen-bond acceptors (Lipinski definition) is 6. The molecule has 0 spiro atoms. The van der Waals surface area contributed by atoms with Crippen LogP contribution in [0.3, 0.4) is 0 Å². The van der Waals surface area contributed by atoms with Gasteiger partial charge in [-0.05, 0) is 103 Å². The Labute approximate surface area is 495 Å². The lowest BCUT2D eigenvalue weighted by Gasteiger charge is -2.18. The zero-order valence-corrected chi connectivity index (χ0v) is 52.6. The molecule has 6 heteroatoms. The summed E-state index contributed by atoms with van der Waals surface area (Å²) in [5, 5.41) is 0. The van der Waals surface area contributed by atoms with Crippen molar-refractivity contribution in [3.05, 3.63) is 109 Å². The van der Waals surface area contributed by atoms with Gasteiger partial charge in [-0.2, -0.15) is 0 Å². The van der Waals surface area contributed by atoms with E-state index in [2.05, 4.69) is 130 Å². The average molecular weight is 1110 g/mol. The van der Waals surface area contributed by atoms with Crippen LogP contribution in [0.5, 0.6) is 0 Å². The Morgan fingerprint density at radius 1 is 0.263 bits per heavy atom. The highest BCUT2D eigenvalue weighted by Crippen LogP contribution is 2.17. The van der Waals surface area contributed by atoms with Gasteiger partial charge < -0.3 is 14.2 Å². The maximum Gasteiger partial charge on any atom is 0.306 e. The van der Waals surface area contributed by atoms with Crippen LogP contribution in [0.25, 0.3) is 0 Å². The number of carbonyl (C=O) groups excluding carboxylic acids is 3. The van der Waals surface area contributed by atoms with Gasteiger partial charge in [0.05, 0.1) is 0 Å². The van der Waals surface area contributed by atoms with Crippen molar-refractivity contribution >= 4 is 17.9 Å². The topological polar surface area (TPSA) is 78.9 Å². The molecule has 0 aliphatic carbocycles. The van der Waals surface area contributed by atoms with Crippen molar-refractivity contribution in [1.82, 2.24) is 0 Å². The Hall–Kier alpha value is -3.93. The van der Waals surface area contributed by atoms with Crippen LogP contribution < -0.4 is 0 Å². The maximum absolute atomic E-state index is 12.9. The van der Waals surface area contributed by atoms with Gasteiger partial charge >= 0.3 is 17.9 Å². The summed E-state index contributed by atoms with van der Waals surface area (Å²) in [6.45, 7) is 6.44. The van der Waals surface area contributed by atoms with Gasteiger partial charge in [0.15, 0.2) is 6.10 Å². The molecule has 0 aliphatic heterocycles. The molecule has 1 atom stereocenters. The molecule has 0 bridgehead atoms. The fraction of sp³-hybridized carbons (Fsp3) is 0.716. The minimum atomic E-state index is -0.793. The molecule has 0 aromatic carbocycles. The number of esters is 3. The first-order valence-corrected chi connectivity index (χ1v) is 33.9. The van der Waals surface area contributed by atoms with Crippen molar-refractivity contribution in [1.29, 1.82) is 0 Å². The lowest BCUT2D eigenvalue weighted by Crippen LogP contribution is -2.30. The molecular formula is C74H126O6. The summed E-state index contributed by atoms with van der Waals surface area (Å²) in [5.74, 6) is -0.895. The van der Waals surface area contributed by atoms with E-state index in [4.69, 9.17) is 14.2 Å². The van der Waals surface area contributed by atoms with Crippen LogP contribution >= 0.6 is 0 Å². The Bertz CT molecular complexity index is 1610. The van der Waals surface area contributed by atoms with Crippen molar-refractivity contribution in [2.45, 2.75) is 329 Å². The van der Waals surface area contributed by atoms with Gasteiger partial charge in [-0.3, -0.25) is 14.4 Å². The molecule has 0 aromatic heterocycles. The second kappa shape index (κ2) is 67.6. The molecule has 80 heavy (non-hydrogen) atoms. The van der Waals surface area contributed by atoms with E-state index in [1.807, 2.05) is 0 Å². The third-order valence-electron chi connectivity index (χ3n) is 14.5. The van der Waals surface area contributed by atoms with Crippen LogP contribution in [0.4, 0.5) is 0 Å². The van der Waals surface area contributed by atoms with Gasteiger partial charge in [-0.1, -0.05) is 310 Å².